The van der Waals surface area contributed by atoms with Crippen molar-refractivity contribution in [3.8, 4) is 5.75 Å². The number of piperidine rings is 1. The average Bonchev–Trinajstić information content (AvgIpc) is 2.68. The molecule has 3 N–H and O–H groups in total. The number of guanidine groups is 1. The zero-order valence-corrected chi connectivity index (χ0v) is 16.7. The number of phenolic OH excluding ortho intramolecular Hbond substituents is 1. The lowest BCUT2D eigenvalue weighted by molar-refractivity contribution is 0.0744. The molecule has 0 spiro atoms. The van der Waals surface area contributed by atoms with Crippen LogP contribution in [0, 0.1) is 0 Å². The molecule has 1 aromatic rings. The summed E-state index contributed by atoms with van der Waals surface area (Å²) in [6, 6.07) is 4.05. The lowest BCUT2D eigenvalue weighted by atomic mass is 9.88. The third-order valence-corrected chi connectivity index (χ3v) is 5.69. The summed E-state index contributed by atoms with van der Waals surface area (Å²) >= 11 is 0. The molecule has 0 atom stereocenters. The third kappa shape index (κ3) is 5.56. The molecule has 156 valence electrons. The maximum Gasteiger partial charge on any atom is 0.251 e. The number of aromatic hydroxyl groups is 1. The summed E-state index contributed by atoms with van der Waals surface area (Å²) in [5.41, 5.74) is 3.52. The highest BCUT2D eigenvalue weighted by molar-refractivity contribution is 5.80. The number of benzene rings is 1. The first kappa shape index (κ1) is 20.8. The van der Waals surface area contributed by atoms with Crippen molar-refractivity contribution < 1.29 is 13.9 Å². The van der Waals surface area contributed by atoms with Crippen LogP contribution in [-0.2, 0) is 19.4 Å². The summed E-state index contributed by atoms with van der Waals surface area (Å²) in [5, 5.41) is 17.1. The number of nitrogens with one attached hydrogen (secondary N) is 2. The topological polar surface area (TPSA) is 59.9 Å². The zero-order valence-electron chi connectivity index (χ0n) is 16.7. The predicted molar refractivity (Wildman–Crippen MR) is 108 cm³/mol. The van der Waals surface area contributed by atoms with E-state index in [2.05, 4.69) is 10.6 Å². The van der Waals surface area contributed by atoms with Gasteiger partial charge in [0.05, 0.1) is 13.1 Å². The van der Waals surface area contributed by atoms with Crippen molar-refractivity contribution in [2.75, 3.05) is 26.2 Å². The second-order valence-corrected chi connectivity index (χ2v) is 7.71. The standard InChI is InChI=1S/C21H32F2N4O/c1-2-24-21(26-16-9-11-27(12-10-16)14-20(22)23)25-13-18-17-6-4-3-5-15(17)7-8-19(18)28/h7-8,16,20,28H,2-6,9-14H2,1H3,(H2,24,25,26). The molecule has 5 nitrogen and oxygen atoms in total. The molecule has 0 amide bonds. The number of fused-ring (bicyclic) bond motifs is 1. The lowest BCUT2D eigenvalue weighted by Crippen LogP contribution is -2.49. The van der Waals surface area contributed by atoms with Gasteiger partial charge in [0.2, 0.25) is 0 Å². The maximum absolute atomic E-state index is 12.5. The largest absolute Gasteiger partial charge is 0.508 e. The molecule has 1 aromatic carbocycles. The van der Waals surface area contributed by atoms with Gasteiger partial charge in [-0.3, -0.25) is 4.90 Å². The molecule has 0 bridgehead atoms. The molecule has 3 rings (SSSR count). The third-order valence-electron chi connectivity index (χ3n) is 5.69. The van der Waals surface area contributed by atoms with E-state index < -0.39 is 6.43 Å². The number of alkyl halides is 2. The second-order valence-electron chi connectivity index (χ2n) is 7.71. The fourth-order valence-electron chi connectivity index (χ4n) is 4.19. The van der Waals surface area contributed by atoms with Gasteiger partial charge in [-0.15, -0.1) is 0 Å². The van der Waals surface area contributed by atoms with Crippen LogP contribution in [0.2, 0.25) is 0 Å². The SMILES string of the molecule is CCNC(=NCc1c(O)ccc2c1CCCC2)NC1CCN(CC(F)F)CC1. The first-order valence-corrected chi connectivity index (χ1v) is 10.4. The van der Waals surface area contributed by atoms with Crippen LogP contribution in [0.5, 0.6) is 5.75 Å². The number of phenols is 1. The van der Waals surface area contributed by atoms with Crippen molar-refractivity contribution >= 4 is 5.96 Å². The minimum absolute atomic E-state index is 0.140. The molecular weight excluding hydrogens is 362 g/mol. The predicted octanol–water partition coefficient (Wildman–Crippen LogP) is 3.06. The molecule has 7 heteroatoms. The van der Waals surface area contributed by atoms with Gasteiger partial charge in [-0.2, -0.15) is 0 Å². The van der Waals surface area contributed by atoms with Gasteiger partial charge >= 0.3 is 0 Å². The summed E-state index contributed by atoms with van der Waals surface area (Å²) in [6.07, 6.45) is 3.81. The molecule has 0 radical (unpaired) electrons. The number of hydrogen-bond acceptors (Lipinski definition) is 3. The quantitative estimate of drug-likeness (QED) is 0.513. The zero-order chi connectivity index (χ0) is 19.9. The molecule has 0 unspecified atom stereocenters. The van der Waals surface area contributed by atoms with Crippen molar-refractivity contribution in [2.45, 2.75) is 64.5 Å². The van der Waals surface area contributed by atoms with Gasteiger partial charge in [-0.25, -0.2) is 13.8 Å². The van der Waals surface area contributed by atoms with E-state index >= 15 is 0 Å². The first-order valence-electron chi connectivity index (χ1n) is 10.4. The van der Waals surface area contributed by atoms with E-state index in [0.717, 1.165) is 50.2 Å². The van der Waals surface area contributed by atoms with Crippen molar-refractivity contribution in [3.05, 3.63) is 28.8 Å². The fourth-order valence-corrected chi connectivity index (χ4v) is 4.19. The Morgan fingerprint density at radius 2 is 2.00 bits per heavy atom. The molecular formula is C21H32F2N4O. The van der Waals surface area contributed by atoms with Crippen molar-refractivity contribution in [1.29, 1.82) is 0 Å². The highest BCUT2D eigenvalue weighted by Gasteiger charge is 2.22. The molecule has 2 aliphatic rings. The van der Waals surface area contributed by atoms with E-state index in [1.54, 1.807) is 6.07 Å². The van der Waals surface area contributed by atoms with Gasteiger partial charge in [0.1, 0.15) is 5.75 Å². The average molecular weight is 395 g/mol. The molecule has 1 aliphatic heterocycles. The van der Waals surface area contributed by atoms with Crippen molar-refractivity contribution in [1.82, 2.24) is 15.5 Å². The molecule has 1 heterocycles. The summed E-state index contributed by atoms with van der Waals surface area (Å²) in [7, 11) is 0. The monoisotopic (exact) mass is 394 g/mol. The van der Waals surface area contributed by atoms with E-state index in [9.17, 15) is 13.9 Å². The molecule has 1 saturated heterocycles. The minimum atomic E-state index is -2.27. The highest BCUT2D eigenvalue weighted by atomic mass is 19.3. The Balaban J connectivity index is 1.63. The van der Waals surface area contributed by atoms with E-state index in [1.165, 1.54) is 17.5 Å². The number of rotatable bonds is 6. The van der Waals surface area contributed by atoms with Crippen LogP contribution in [0.3, 0.4) is 0 Å². The molecule has 0 aromatic heterocycles. The smallest absolute Gasteiger partial charge is 0.251 e. The fraction of sp³-hybridized carbons (Fsp3) is 0.667. The van der Waals surface area contributed by atoms with Gasteiger partial charge in [0.25, 0.3) is 6.43 Å². The van der Waals surface area contributed by atoms with Gasteiger partial charge in [0, 0.05) is 31.2 Å². The number of nitrogens with zero attached hydrogens (tertiary/aromatic N) is 2. The Hall–Kier alpha value is -1.89. The van der Waals surface area contributed by atoms with E-state index in [0.29, 0.717) is 25.4 Å². The number of aryl methyl sites for hydroxylation is 1. The minimum Gasteiger partial charge on any atom is -0.508 e. The van der Waals surface area contributed by atoms with Crippen LogP contribution in [0.4, 0.5) is 8.78 Å². The van der Waals surface area contributed by atoms with Crippen molar-refractivity contribution in [2.24, 2.45) is 4.99 Å². The molecule has 28 heavy (non-hydrogen) atoms. The van der Waals surface area contributed by atoms with Gasteiger partial charge in [-0.05, 0) is 62.6 Å². The Morgan fingerprint density at radius 3 is 2.71 bits per heavy atom. The van der Waals surface area contributed by atoms with Crippen LogP contribution in [0.25, 0.3) is 0 Å². The number of hydrogen-bond donors (Lipinski definition) is 3. The van der Waals surface area contributed by atoms with Gasteiger partial charge < -0.3 is 15.7 Å². The summed E-state index contributed by atoms with van der Waals surface area (Å²) in [6.45, 7) is 4.41. The molecule has 1 aliphatic carbocycles. The van der Waals surface area contributed by atoms with Crippen LogP contribution >= 0.6 is 0 Å². The lowest BCUT2D eigenvalue weighted by Gasteiger charge is -2.32. The number of likely N-dealkylation sites (tertiary alicyclic amines) is 1. The number of aliphatic imine (C=N–C) groups is 1. The Labute approximate surface area is 166 Å². The van der Waals surface area contributed by atoms with Crippen LogP contribution in [0.15, 0.2) is 17.1 Å². The Morgan fingerprint density at radius 1 is 1.25 bits per heavy atom. The van der Waals surface area contributed by atoms with Gasteiger partial charge in [0.15, 0.2) is 5.96 Å². The summed E-state index contributed by atoms with van der Waals surface area (Å²) < 4.78 is 25.1. The summed E-state index contributed by atoms with van der Waals surface area (Å²) in [4.78, 5) is 6.54. The van der Waals surface area contributed by atoms with E-state index in [1.807, 2.05) is 17.9 Å². The summed E-state index contributed by atoms with van der Waals surface area (Å²) in [5.74, 6) is 1.04. The molecule has 1 fully saturated rings. The normalized spacial score (nSPS) is 18.9. The molecule has 0 saturated carbocycles. The van der Waals surface area contributed by atoms with E-state index in [-0.39, 0.29) is 12.6 Å². The van der Waals surface area contributed by atoms with Crippen LogP contribution in [0.1, 0.15) is 49.3 Å². The van der Waals surface area contributed by atoms with Gasteiger partial charge in [-0.1, -0.05) is 6.07 Å². The Bertz CT molecular complexity index is 673. The Kier molecular flexibility index (Phi) is 7.48. The highest BCUT2D eigenvalue weighted by Crippen LogP contribution is 2.31. The second kappa shape index (κ2) is 10.0. The van der Waals surface area contributed by atoms with Crippen molar-refractivity contribution in [3.63, 3.8) is 0 Å². The van der Waals surface area contributed by atoms with Crippen LogP contribution in [-0.4, -0.2) is 54.6 Å². The number of halogens is 2. The van der Waals surface area contributed by atoms with Crippen LogP contribution < -0.4 is 10.6 Å². The first-order chi connectivity index (χ1) is 13.6. The van der Waals surface area contributed by atoms with E-state index in [4.69, 9.17) is 4.99 Å². The maximum atomic E-state index is 12.5.